The molecule has 2 rings (SSSR count). The van der Waals surface area contributed by atoms with Crippen molar-refractivity contribution in [3.63, 3.8) is 0 Å². The van der Waals surface area contributed by atoms with E-state index in [0.29, 0.717) is 5.92 Å². The molecular weight excluding hydrogens is 260 g/mol. The average molecular weight is 290 g/mol. The van der Waals surface area contributed by atoms with Crippen molar-refractivity contribution in [2.24, 2.45) is 5.92 Å². The molecule has 4 heteroatoms. The molecule has 1 N–H and O–H groups in total. The number of nitrogens with one attached hydrogen (secondary N) is 1. The largest absolute Gasteiger partial charge is 0.367 e. The first kappa shape index (κ1) is 16.2. The van der Waals surface area contributed by atoms with Crippen LogP contribution in [0.15, 0.2) is 18.5 Å². The van der Waals surface area contributed by atoms with Crippen LogP contribution >= 0.6 is 0 Å². The van der Waals surface area contributed by atoms with Crippen LogP contribution in [-0.2, 0) is 6.54 Å². The van der Waals surface area contributed by atoms with Gasteiger partial charge in [0.2, 0.25) is 0 Å². The standard InChI is InChI=1S/C17H30N4/c1-4-7-20-8-10-21(11-9-20)17-14-18-6-5-16(17)13-19-12-15(2)3/h5-6,14-15,19H,4,7-13H2,1-3H3. The molecule has 0 unspecified atom stereocenters. The zero-order valence-electron chi connectivity index (χ0n) is 13.8. The van der Waals surface area contributed by atoms with E-state index in [1.165, 1.54) is 37.3 Å². The molecule has 21 heavy (non-hydrogen) atoms. The third-order valence-electron chi connectivity index (χ3n) is 4.01. The molecule has 2 heterocycles. The van der Waals surface area contributed by atoms with Crippen LogP contribution < -0.4 is 10.2 Å². The maximum absolute atomic E-state index is 4.34. The Balaban J connectivity index is 1.93. The Morgan fingerprint density at radius 1 is 1.24 bits per heavy atom. The summed E-state index contributed by atoms with van der Waals surface area (Å²) in [4.78, 5) is 9.39. The lowest BCUT2D eigenvalue weighted by Crippen LogP contribution is -2.47. The van der Waals surface area contributed by atoms with Gasteiger partial charge in [-0.25, -0.2) is 0 Å². The van der Waals surface area contributed by atoms with Gasteiger partial charge in [-0.05, 0) is 37.1 Å². The van der Waals surface area contributed by atoms with E-state index < -0.39 is 0 Å². The molecule has 0 saturated carbocycles. The number of anilines is 1. The van der Waals surface area contributed by atoms with E-state index in [2.05, 4.69) is 46.9 Å². The van der Waals surface area contributed by atoms with Crippen LogP contribution in [0.4, 0.5) is 5.69 Å². The van der Waals surface area contributed by atoms with Crippen LogP contribution in [0.1, 0.15) is 32.8 Å². The van der Waals surface area contributed by atoms with Crippen molar-refractivity contribution in [2.45, 2.75) is 33.7 Å². The predicted octanol–water partition coefficient (Wildman–Crippen LogP) is 2.36. The lowest BCUT2D eigenvalue weighted by atomic mass is 10.1. The van der Waals surface area contributed by atoms with E-state index in [1.54, 1.807) is 0 Å². The number of nitrogens with zero attached hydrogens (tertiary/aromatic N) is 3. The Hall–Kier alpha value is -1.13. The number of rotatable bonds is 7. The van der Waals surface area contributed by atoms with Gasteiger partial charge in [-0.15, -0.1) is 0 Å². The molecule has 118 valence electrons. The highest BCUT2D eigenvalue weighted by Gasteiger charge is 2.18. The van der Waals surface area contributed by atoms with E-state index in [9.17, 15) is 0 Å². The summed E-state index contributed by atoms with van der Waals surface area (Å²) in [5, 5.41) is 3.54. The number of hydrogen-bond donors (Lipinski definition) is 1. The molecule has 1 aliphatic heterocycles. The van der Waals surface area contributed by atoms with E-state index in [0.717, 1.165) is 26.2 Å². The van der Waals surface area contributed by atoms with Gasteiger partial charge in [0.05, 0.1) is 11.9 Å². The van der Waals surface area contributed by atoms with Crippen LogP contribution in [-0.4, -0.2) is 49.2 Å². The summed E-state index contributed by atoms with van der Waals surface area (Å²) < 4.78 is 0. The molecule has 1 saturated heterocycles. The number of piperazine rings is 1. The number of pyridine rings is 1. The molecule has 0 spiro atoms. The molecule has 1 aromatic heterocycles. The molecule has 0 bridgehead atoms. The van der Waals surface area contributed by atoms with Crippen molar-refractivity contribution in [1.29, 1.82) is 0 Å². The van der Waals surface area contributed by atoms with Gasteiger partial charge in [0, 0.05) is 38.9 Å². The van der Waals surface area contributed by atoms with Crippen LogP contribution in [0.25, 0.3) is 0 Å². The van der Waals surface area contributed by atoms with Crippen molar-refractivity contribution >= 4 is 5.69 Å². The van der Waals surface area contributed by atoms with Gasteiger partial charge in [0.1, 0.15) is 0 Å². The summed E-state index contributed by atoms with van der Waals surface area (Å²) in [6, 6.07) is 2.15. The van der Waals surface area contributed by atoms with Gasteiger partial charge >= 0.3 is 0 Å². The minimum atomic E-state index is 0.688. The Morgan fingerprint density at radius 2 is 2.00 bits per heavy atom. The monoisotopic (exact) mass is 290 g/mol. The van der Waals surface area contributed by atoms with Gasteiger partial charge < -0.3 is 10.2 Å². The molecule has 0 atom stereocenters. The molecule has 0 amide bonds. The molecule has 0 aliphatic carbocycles. The van der Waals surface area contributed by atoms with Crippen molar-refractivity contribution in [2.75, 3.05) is 44.2 Å². The fourth-order valence-electron chi connectivity index (χ4n) is 2.87. The summed E-state index contributed by atoms with van der Waals surface area (Å²) in [6.45, 7) is 14.5. The fourth-order valence-corrected chi connectivity index (χ4v) is 2.87. The lowest BCUT2D eigenvalue weighted by Gasteiger charge is -2.36. The third-order valence-corrected chi connectivity index (χ3v) is 4.01. The van der Waals surface area contributed by atoms with Gasteiger partial charge in [-0.2, -0.15) is 0 Å². The van der Waals surface area contributed by atoms with Crippen LogP contribution in [0.3, 0.4) is 0 Å². The molecule has 1 aliphatic rings. The first-order chi connectivity index (χ1) is 10.2. The Bertz CT molecular complexity index is 411. The van der Waals surface area contributed by atoms with E-state index >= 15 is 0 Å². The first-order valence-electron chi connectivity index (χ1n) is 8.31. The zero-order valence-corrected chi connectivity index (χ0v) is 13.8. The van der Waals surface area contributed by atoms with Crippen molar-refractivity contribution in [3.8, 4) is 0 Å². The number of aromatic nitrogens is 1. The summed E-state index contributed by atoms with van der Waals surface area (Å²) >= 11 is 0. The predicted molar refractivity (Wildman–Crippen MR) is 89.7 cm³/mol. The van der Waals surface area contributed by atoms with Crippen LogP contribution in [0.2, 0.25) is 0 Å². The SMILES string of the molecule is CCCN1CCN(c2cnccc2CNCC(C)C)CC1. The maximum atomic E-state index is 4.34. The maximum Gasteiger partial charge on any atom is 0.0599 e. The van der Waals surface area contributed by atoms with E-state index in [1.807, 2.05) is 12.4 Å². The van der Waals surface area contributed by atoms with E-state index in [-0.39, 0.29) is 0 Å². The summed E-state index contributed by atoms with van der Waals surface area (Å²) in [6.07, 6.45) is 5.18. The Morgan fingerprint density at radius 3 is 2.67 bits per heavy atom. The minimum absolute atomic E-state index is 0.688. The van der Waals surface area contributed by atoms with Crippen LogP contribution in [0, 0.1) is 5.92 Å². The van der Waals surface area contributed by atoms with Gasteiger partial charge in [0.25, 0.3) is 0 Å². The summed E-state index contributed by atoms with van der Waals surface area (Å²) in [5.74, 6) is 0.688. The number of hydrogen-bond acceptors (Lipinski definition) is 4. The normalized spacial score (nSPS) is 16.7. The minimum Gasteiger partial charge on any atom is -0.367 e. The fraction of sp³-hybridized carbons (Fsp3) is 0.706. The zero-order chi connectivity index (χ0) is 15.1. The molecule has 4 nitrogen and oxygen atoms in total. The highest BCUT2D eigenvalue weighted by Crippen LogP contribution is 2.20. The molecule has 0 radical (unpaired) electrons. The van der Waals surface area contributed by atoms with Crippen LogP contribution in [0.5, 0.6) is 0 Å². The highest BCUT2D eigenvalue weighted by molar-refractivity contribution is 5.52. The Kier molecular flexibility index (Phi) is 6.46. The molecule has 1 aromatic rings. The van der Waals surface area contributed by atoms with Crippen molar-refractivity contribution in [3.05, 3.63) is 24.0 Å². The topological polar surface area (TPSA) is 31.4 Å². The molecule has 1 fully saturated rings. The van der Waals surface area contributed by atoms with E-state index in [4.69, 9.17) is 0 Å². The molecule has 0 aromatic carbocycles. The molecular formula is C17H30N4. The second-order valence-corrected chi connectivity index (χ2v) is 6.36. The van der Waals surface area contributed by atoms with Gasteiger partial charge in [-0.1, -0.05) is 20.8 Å². The first-order valence-corrected chi connectivity index (χ1v) is 8.31. The second-order valence-electron chi connectivity index (χ2n) is 6.36. The smallest absolute Gasteiger partial charge is 0.0599 e. The van der Waals surface area contributed by atoms with Crippen molar-refractivity contribution < 1.29 is 0 Å². The average Bonchev–Trinajstić information content (AvgIpc) is 2.49. The second kappa shape index (κ2) is 8.35. The quantitative estimate of drug-likeness (QED) is 0.835. The third kappa shape index (κ3) is 4.97. The van der Waals surface area contributed by atoms with Gasteiger partial charge in [0.15, 0.2) is 0 Å². The summed E-state index contributed by atoms with van der Waals surface area (Å²) in [5.41, 5.74) is 2.68. The van der Waals surface area contributed by atoms with Crippen molar-refractivity contribution in [1.82, 2.24) is 15.2 Å². The summed E-state index contributed by atoms with van der Waals surface area (Å²) in [7, 11) is 0. The Labute approximate surface area is 129 Å². The highest BCUT2D eigenvalue weighted by atomic mass is 15.3. The van der Waals surface area contributed by atoms with Gasteiger partial charge in [-0.3, -0.25) is 9.88 Å². The lowest BCUT2D eigenvalue weighted by molar-refractivity contribution is 0.258.